The Morgan fingerprint density at radius 2 is 1.78 bits per heavy atom. The molecule has 3 aromatic rings. The highest BCUT2D eigenvalue weighted by Crippen LogP contribution is 2.32. The van der Waals surface area contributed by atoms with E-state index in [4.69, 9.17) is 4.74 Å². The fourth-order valence-corrected chi connectivity index (χ4v) is 3.67. The average Bonchev–Trinajstić information content (AvgIpc) is 2.79. The molecule has 0 unspecified atom stereocenters. The van der Waals surface area contributed by atoms with Gasteiger partial charge in [0.15, 0.2) is 5.16 Å². The summed E-state index contributed by atoms with van der Waals surface area (Å²) in [7, 11) is 1.59. The molecule has 168 valence electrons. The number of carbonyl (C=O) groups is 1. The summed E-state index contributed by atoms with van der Waals surface area (Å²) >= 11 is 0.891. The van der Waals surface area contributed by atoms with Crippen molar-refractivity contribution in [2.45, 2.75) is 29.9 Å². The number of ether oxygens (including phenoxy) is 1. The van der Waals surface area contributed by atoms with Crippen molar-refractivity contribution in [2.75, 3.05) is 13.7 Å². The molecule has 9 heteroatoms. The van der Waals surface area contributed by atoms with Crippen LogP contribution in [0.1, 0.15) is 18.2 Å². The topological polar surface area (TPSA) is 64.1 Å². The van der Waals surface area contributed by atoms with Crippen molar-refractivity contribution in [3.05, 3.63) is 71.9 Å². The molecular weight excluding hydrogens is 439 g/mol. The highest BCUT2D eigenvalue weighted by Gasteiger charge is 2.34. The number of benzene rings is 2. The van der Waals surface area contributed by atoms with Crippen LogP contribution in [0.15, 0.2) is 65.8 Å². The van der Waals surface area contributed by atoms with E-state index in [2.05, 4.69) is 15.3 Å². The summed E-state index contributed by atoms with van der Waals surface area (Å²) in [5, 5.41) is 2.03. The first-order valence-electron chi connectivity index (χ1n) is 9.85. The molecule has 0 radical (unpaired) electrons. The second-order valence-electron chi connectivity index (χ2n) is 6.93. The summed E-state index contributed by atoms with van der Waals surface area (Å²) in [5.41, 5.74) is 0.683. The second-order valence-corrected chi connectivity index (χ2v) is 8.24. The van der Waals surface area contributed by atoms with Gasteiger partial charge < -0.3 is 10.1 Å². The Kier molecular flexibility index (Phi) is 7.74. The maximum absolute atomic E-state index is 13.3. The molecule has 0 saturated heterocycles. The molecule has 1 aromatic heterocycles. The lowest BCUT2D eigenvalue weighted by Crippen LogP contribution is -2.32. The fraction of sp³-hybridized carbons (Fsp3) is 0.261. The molecule has 32 heavy (non-hydrogen) atoms. The number of nitrogens with zero attached hydrogens (tertiary/aromatic N) is 2. The molecule has 0 fully saturated rings. The number of rotatable bonds is 8. The van der Waals surface area contributed by atoms with Gasteiger partial charge in [-0.3, -0.25) is 4.79 Å². The molecule has 0 spiro atoms. The minimum atomic E-state index is -4.62. The summed E-state index contributed by atoms with van der Waals surface area (Å²) < 4.78 is 45.2. The van der Waals surface area contributed by atoms with Crippen LogP contribution >= 0.6 is 11.8 Å². The number of nitrogens with one attached hydrogen (secondary N) is 1. The van der Waals surface area contributed by atoms with Gasteiger partial charge >= 0.3 is 6.18 Å². The summed E-state index contributed by atoms with van der Waals surface area (Å²) in [4.78, 5) is 20.3. The molecule has 1 N–H and O–H groups in total. The fourth-order valence-electron chi connectivity index (χ4n) is 2.86. The number of aromatic nitrogens is 2. The van der Waals surface area contributed by atoms with Crippen LogP contribution < -0.4 is 10.1 Å². The summed E-state index contributed by atoms with van der Waals surface area (Å²) in [6, 6.07) is 17.0. The van der Waals surface area contributed by atoms with Crippen molar-refractivity contribution >= 4 is 17.7 Å². The lowest BCUT2D eigenvalue weighted by atomic mass is 10.1. The van der Waals surface area contributed by atoms with Crippen LogP contribution in [0, 0.1) is 0 Å². The molecule has 5 nitrogen and oxygen atoms in total. The number of methoxy groups -OCH3 is 1. The van der Waals surface area contributed by atoms with E-state index in [-0.39, 0.29) is 16.8 Å². The third kappa shape index (κ3) is 6.46. The normalized spacial score (nSPS) is 12.3. The van der Waals surface area contributed by atoms with Crippen LogP contribution in [0.3, 0.4) is 0 Å². The van der Waals surface area contributed by atoms with Gasteiger partial charge in [0.2, 0.25) is 5.91 Å². The summed E-state index contributed by atoms with van der Waals surface area (Å²) in [5.74, 6) is 0.449. The molecule has 0 aliphatic heterocycles. The van der Waals surface area contributed by atoms with E-state index >= 15 is 0 Å². The number of halogens is 3. The monoisotopic (exact) mass is 461 g/mol. The third-order valence-corrected chi connectivity index (χ3v) is 5.55. The number of hydrogen-bond acceptors (Lipinski definition) is 5. The number of carbonyl (C=O) groups excluding carboxylic acids is 1. The van der Waals surface area contributed by atoms with Crippen LogP contribution in [0.25, 0.3) is 11.3 Å². The molecule has 3 rings (SSSR count). The van der Waals surface area contributed by atoms with Gasteiger partial charge in [0.05, 0.1) is 18.1 Å². The quantitative estimate of drug-likeness (QED) is 0.377. The Balaban J connectivity index is 1.66. The zero-order chi connectivity index (χ0) is 23.1. The van der Waals surface area contributed by atoms with Gasteiger partial charge in [0, 0.05) is 12.1 Å². The van der Waals surface area contributed by atoms with Crippen LogP contribution in [-0.2, 0) is 17.4 Å². The van der Waals surface area contributed by atoms with Gasteiger partial charge in [0.1, 0.15) is 11.4 Å². The molecule has 0 bridgehead atoms. The number of amides is 1. The zero-order valence-electron chi connectivity index (χ0n) is 17.5. The number of alkyl halides is 3. The molecule has 0 saturated carbocycles. The molecule has 0 aliphatic carbocycles. The SMILES string of the molecule is COc1ccc(CCNC(=O)[C@@H](C)Sc2nc(-c3ccccc3)cc(C(F)(F)F)n2)cc1. The predicted molar refractivity (Wildman–Crippen MR) is 117 cm³/mol. The standard InChI is InChI=1S/C23H22F3N3O2S/c1-15(21(30)27-13-12-16-8-10-18(31-2)11-9-16)32-22-28-19(17-6-4-3-5-7-17)14-20(29-22)23(24,25)26/h3-11,14-15H,12-13H2,1-2H3,(H,27,30)/t15-/m1/s1. The minimum absolute atomic E-state index is 0.100. The Bertz CT molecular complexity index is 1040. The van der Waals surface area contributed by atoms with Crippen molar-refractivity contribution in [3.63, 3.8) is 0 Å². The summed E-state index contributed by atoms with van der Waals surface area (Å²) in [6.07, 6.45) is -4.00. The van der Waals surface area contributed by atoms with Crippen molar-refractivity contribution in [2.24, 2.45) is 0 Å². The van der Waals surface area contributed by atoms with Gasteiger partial charge in [-0.25, -0.2) is 9.97 Å². The molecule has 1 amide bonds. The molecule has 2 aromatic carbocycles. The van der Waals surface area contributed by atoms with Gasteiger partial charge in [-0.15, -0.1) is 0 Å². The first-order chi connectivity index (χ1) is 15.3. The van der Waals surface area contributed by atoms with Crippen LogP contribution in [0.4, 0.5) is 13.2 Å². The van der Waals surface area contributed by atoms with E-state index in [1.165, 1.54) is 0 Å². The van der Waals surface area contributed by atoms with E-state index in [0.29, 0.717) is 18.5 Å². The third-order valence-electron chi connectivity index (χ3n) is 4.59. The number of thioether (sulfide) groups is 1. The molecule has 0 aliphatic rings. The maximum atomic E-state index is 13.3. The molecule has 1 atom stereocenters. The zero-order valence-corrected chi connectivity index (χ0v) is 18.3. The van der Waals surface area contributed by atoms with Crippen molar-refractivity contribution < 1.29 is 22.7 Å². The highest BCUT2D eigenvalue weighted by molar-refractivity contribution is 8.00. The van der Waals surface area contributed by atoms with Gasteiger partial charge in [-0.2, -0.15) is 13.2 Å². The first-order valence-corrected chi connectivity index (χ1v) is 10.7. The summed E-state index contributed by atoms with van der Waals surface area (Å²) in [6.45, 7) is 2.01. The van der Waals surface area contributed by atoms with E-state index in [0.717, 1.165) is 29.1 Å². The van der Waals surface area contributed by atoms with E-state index in [9.17, 15) is 18.0 Å². The second kappa shape index (κ2) is 10.5. The lowest BCUT2D eigenvalue weighted by molar-refractivity contribution is -0.141. The van der Waals surface area contributed by atoms with Crippen LogP contribution in [0.2, 0.25) is 0 Å². The van der Waals surface area contributed by atoms with E-state index in [1.807, 2.05) is 24.3 Å². The van der Waals surface area contributed by atoms with Crippen molar-refractivity contribution in [1.82, 2.24) is 15.3 Å². The maximum Gasteiger partial charge on any atom is 0.433 e. The lowest BCUT2D eigenvalue weighted by Gasteiger charge is -2.14. The minimum Gasteiger partial charge on any atom is -0.497 e. The largest absolute Gasteiger partial charge is 0.497 e. The van der Waals surface area contributed by atoms with E-state index in [1.54, 1.807) is 44.4 Å². The highest BCUT2D eigenvalue weighted by atomic mass is 32.2. The van der Waals surface area contributed by atoms with Gasteiger partial charge in [-0.1, -0.05) is 54.2 Å². The van der Waals surface area contributed by atoms with E-state index < -0.39 is 17.1 Å². The first kappa shape index (κ1) is 23.6. The average molecular weight is 462 g/mol. The van der Waals surface area contributed by atoms with Gasteiger partial charge in [0.25, 0.3) is 0 Å². The Morgan fingerprint density at radius 1 is 1.09 bits per heavy atom. The Morgan fingerprint density at radius 3 is 2.41 bits per heavy atom. The Labute approximate surface area is 188 Å². The smallest absolute Gasteiger partial charge is 0.433 e. The number of hydrogen-bond donors (Lipinski definition) is 1. The Hall–Kier alpha value is -3.07. The van der Waals surface area contributed by atoms with Crippen molar-refractivity contribution in [1.29, 1.82) is 0 Å². The predicted octanol–water partition coefficient (Wildman–Crippen LogP) is 5.01. The van der Waals surface area contributed by atoms with Crippen LogP contribution in [0.5, 0.6) is 5.75 Å². The molecule has 1 heterocycles. The van der Waals surface area contributed by atoms with Crippen LogP contribution in [-0.4, -0.2) is 34.8 Å². The molecular formula is C23H22F3N3O2S. The van der Waals surface area contributed by atoms with Crippen molar-refractivity contribution in [3.8, 4) is 17.0 Å². The van der Waals surface area contributed by atoms with Gasteiger partial charge in [-0.05, 0) is 37.1 Å².